The fraction of sp³-hybridized carbons (Fsp3) is 1.00. The van der Waals surface area contributed by atoms with Gasteiger partial charge in [-0.2, -0.15) is 13.2 Å². The van der Waals surface area contributed by atoms with E-state index < -0.39 is 24.2 Å². The van der Waals surface area contributed by atoms with Crippen LogP contribution < -0.4 is 0 Å². The molecule has 1 unspecified atom stereocenters. The van der Waals surface area contributed by atoms with Crippen LogP contribution in [0.2, 0.25) is 0 Å². The number of rotatable bonds is 4. The van der Waals surface area contributed by atoms with Gasteiger partial charge >= 0.3 is 6.18 Å². The van der Waals surface area contributed by atoms with E-state index in [4.69, 9.17) is 0 Å². The second kappa shape index (κ2) is 6.24. The quantitative estimate of drug-likeness (QED) is 0.844. The van der Waals surface area contributed by atoms with E-state index in [1.54, 1.807) is 0 Å². The Labute approximate surface area is 107 Å². The molecule has 1 atom stereocenters. The molecule has 18 heavy (non-hydrogen) atoms. The molecule has 1 aliphatic heterocycles. The lowest BCUT2D eigenvalue weighted by Crippen LogP contribution is -2.53. The molecule has 2 nitrogen and oxygen atoms in total. The molecular formula is C13H24F3NO. The number of aliphatic hydroxyl groups excluding tert-OH is 1. The Kier molecular flexibility index (Phi) is 5.46. The van der Waals surface area contributed by atoms with Crippen LogP contribution in [-0.2, 0) is 0 Å². The van der Waals surface area contributed by atoms with Crippen molar-refractivity contribution in [1.82, 2.24) is 4.90 Å². The number of alkyl halides is 3. The minimum absolute atomic E-state index is 0.215. The number of hydrogen-bond acceptors (Lipinski definition) is 2. The number of nitrogens with zero attached hydrogens (tertiary/aromatic N) is 1. The van der Waals surface area contributed by atoms with Crippen molar-refractivity contribution in [2.45, 2.75) is 70.2 Å². The minimum Gasteiger partial charge on any atom is -0.391 e. The zero-order valence-corrected chi connectivity index (χ0v) is 11.3. The summed E-state index contributed by atoms with van der Waals surface area (Å²) in [5.41, 5.74) is -0.574. The second-order valence-corrected chi connectivity index (χ2v) is 5.72. The van der Waals surface area contributed by atoms with Crippen LogP contribution in [0.1, 0.15) is 52.4 Å². The first-order chi connectivity index (χ1) is 8.23. The molecule has 0 aliphatic carbocycles. The predicted octanol–water partition coefficient (Wildman–Crippen LogP) is 3.34. The van der Waals surface area contributed by atoms with Gasteiger partial charge in [-0.15, -0.1) is 0 Å². The van der Waals surface area contributed by atoms with E-state index in [1.165, 1.54) is 12.8 Å². The largest absolute Gasteiger partial charge is 0.391 e. The van der Waals surface area contributed by atoms with Crippen molar-refractivity contribution in [1.29, 1.82) is 0 Å². The molecule has 0 aromatic heterocycles. The van der Waals surface area contributed by atoms with E-state index in [-0.39, 0.29) is 6.42 Å². The maximum atomic E-state index is 12.2. The van der Waals surface area contributed by atoms with E-state index in [9.17, 15) is 18.3 Å². The molecule has 0 saturated carbocycles. The standard InChI is InChI=1S/C13H24F3NO/c1-12(2,11(18)7-8-13(14,15)16)17-9-5-3-4-6-10-17/h11,18H,3-10H2,1-2H3. The number of hydrogen-bond donors (Lipinski definition) is 1. The van der Waals surface area contributed by atoms with Crippen molar-refractivity contribution >= 4 is 0 Å². The van der Waals surface area contributed by atoms with Crippen molar-refractivity contribution in [3.05, 3.63) is 0 Å². The van der Waals surface area contributed by atoms with Crippen molar-refractivity contribution < 1.29 is 18.3 Å². The van der Waals surface area contributed by atoms with Crippen LogP contribution in [0.4, 0.5) is 13.2 Å². The van der Waals surface area contributed by atoms with Gasteiger partial charge in [0.2, 0.25) is 0 Å². The zero-order valence-electron chi connectivity index (χ0n) is 11.3. The highest BCUT2D eigenvalue weighted by molar-refractivity contribution is 4.89. The highest BCUT2D eigenvalue weighted by atomic mass is 19.4. The molecular weight excluding hydrogens is 243 g/mol. The SMILES string of the molecule is CC(C)(C(O)CCC(F)(F)F)N1CCCCCC1. The molecule has 108 valence electrons. The number of likely N-dealkylation sites (tertiary alicyclic amines) is 1. The Bertz CT molecular complexity index is 245. The summed E-state index contributed by atoms with van der Waals surface area (Å²) in [7, 11) is 0. The van der Waals surface area contributed by atoms with E-state index in [2.05, 4.69) is 4.90 Å². The van der Waals surface area contributed by atoms with Gasteiger partial charge in [-0.1, -0.05) is 12.8 Å². The highest BCUT2D eigenvalue weighted by Gasteiger charge is 2.37. The van der Waals surface area contributed by atoms with Gasteiger partial charge in [-0.3, -0.25) is 4.90 Å². The van der Waals surface area contributed by atoms with Crippen LogP contribution in [0.5, 0.6) is 0 Å². The van der Waals surface area contributed by atoms with Crippen LogP contribution in [0.15, 0.2) is 0 Å². The van der Waals surface area contributed by atoms with Crippen LogP contribution >= 0.6 is 0 Å². The molecule has 1 N–H and O–H groups in total. The summed E-state index contributed by atoms with van der Waals surface area (Å²) >= 11 is 0. The third-order valence-electron chi connectivity index (χ3n) is 3.94. The predicted molar refractivity (Wildman–Crippen MR) is 65.4 cm³/mol. The molecule has 0 amide bonds. The van der Waals surface area contributed by atoms with Gasteiger partial charge in [0.15, 0.2) is 0 Å². The summed E-state index contributed by atoms with van der Waals surface area (Å²) in [6, 6.07) is 0. The average Bonchev–Trinajstić information content (AvgIpc) is 2.53. The molecule has 0 spiro atoms. The maximum Gasteiger partial charge on any atom is 0.389 e. The first kappa shape index (κ1) is 15.8. The summed E-state index contributed by atoms with van der Waals surface area (Å²) in [6.45, 7) is 5.44. The first-order valence-electron chi connectivity index (χ1n) is 6.73. The van der Waals surface area contributed by atoms with Gasteiger partial charge in [-0.05, 0) is 46.2 Å². The molecule has 1 saturated heterocycles. The van der Waals surface area contributed by atoms with Crippen LogP contribution in [-0.4, -0.2) is 40.9 Å². The average molecular weight is 267 g/mol. The van der Waals surface area contributed by atoms with E-state index in [1.807, 2.05) is 13.8 Å². The molecule has 1 rings (SSSR count). The molecule has 1 fully saturated rings. The molecule has 0 aromatic carbocycles. The summed E-state index contributed by atoms with van der Waals surface area (Å²) in [4.78, 5) is 2.14. The normalized spacial score (nSPS) is 21.7. The molecule has 0 aromatic rings. The molecule has 1 aliphatic rings. The van der Waals surface area contributed by atoms with Crippen molar-refractivity contribution in [2.75, 3.05) is 13.1 Å². The van der Waals surface area contributed by atoms with Gasteiger partial charge in [-0.25, -0.2) is 0 Å². The topological polar surface area (TPSA) is 23.5 Å². The summed E-state index contributed by atoms with van der Waals surface area (Å²) in [5.74, 6) is 0. The summed E-state index contributed by atoms with van der Waals surface area (Å²) in [5, 5.41) is 10.0. The highest BCUT2D eigenvalue weighted by Crippen LogP contribution is 2.29. The summed E-state index contributed by atoms with van der Waals surface area (Å²) in [6.07, 6.45) is -1.77. The third kappa shape index (κ3) is 4.76. The molecule has 5 heteroatoms. The van der Waals surface area contributed by atoms with Gasteiger partial charge in [0.1, 0.15) is 0 Å². The van der Waals surface area contributed by atoms with Crippen LogP contribution in [0, 0.1) is 0 Å². The van der Waals surface area contributed by atoms with Crippen molar-refractivity contribution in [3.8, 4) is 0 Å². The lowest BCUT2D eigenvalue weighted by Gasteiger charge is -2.41. The first-order valence-corrected chi connectivity index (χ1v) is 6.73. The zero-order chi connectivity index (χ0) is 13.8. The van der Waals surface area contributed by atoms with Gasteiger partial charge < -0.3 is 5.11 Å². The monoisotopic (exact) mass is 267 g/mol. The number of aliphatic hydroxyl groups is 1. The van der Waals surface area contributed by atoms with Gasteiger partial charge in [0.05, 0.1) is 6.10 Å². The van der Waals surface area contributed by atoms with Crippen molar-refractivity contribution in [2.24, 2.45) is 0 Å². The number of halogens is 3. The van der Waals surface area contributed by atoms with Crippen LogP contribution in [0.25, 0.3) is 0 Å². The second-order valence-electron chi connectivity index (χ2n) is 5.72. The lowest BCUT2D eigenvalue weighted by atomic mass is 9.91. The lowest BCUT2D eigenvalue weighted by molar-refractivity contribution is -0.144. The van der Waals surface area contributed by atoms with Crippen molar-refractivity contribution in [3.63, 3.8) is 0 Å². The Balaban J connectivity index is 2.54. The van der Waals surface area contributed by atoms with E-state index in [0.29, 0.717) is 0 Å². The Morgan fingerprint density at radius 1 is 1.06 bits per heavy atom. The summed E-state index contributed by atoms with van der Waals surface area (Å²) < 4.78 is 36.6. The fourth-order valence-corrected chi connectivity index (χ4v) is 2.51. The molecule has 1 heterocycles. The third-order valence-corrected chi connectivity index (χ3v) is 3.94. The Morgan fingerprint density at radius 3 is 2.00 bits per heavy atom. The van der Waals surface area contributed by atoms with E-state index >= 15 is 0 Å². The molecule has 0 radical (unpaired) electrons. The van der Waals surface area contributed by atoms with Crippen LogP contribution in [0.3, 0.4) is 0 Å². The van der Waals surface area contributed by atoms with E-state index in [0.717, 1.165) is 25.9 Å². The maximum absolute atomic E-state index is 12.2. The van der Waals surface area contributed by atoms with Gasteiger partial charge in [0.25, 0.3) is 0 Å². The van der Waals surface area contributed by atoms with Gasteiger partial charge in [0, 0.05) is 12.0 Å². The minimum atomic E-state index is -4.18. The molecule has 0 bridgehead atoms. The fourth-order valence-electron chi connectivity index (χ4n) is 2.51. The smallest absolute Gasteiger partial charge is 0.389 e. The Hall–Kier alpha value is -0.290. The Morgan fingerprint density at radius 2 is 1.56 bits per heavy atom.